The van der Waals surface area contributed by atoms with Gasteiger partial charge >= 0.3 is 0 Å². The van der Waals surface area contributed by atoms with E-state index in [-0.39, 0.29) is 5.82 Å². The first kappa shape index (κ1) is 13.8. The average molecular weight is 316 g/mol. The first-order chi connectivity index (χ1) is 8.66. The van der Waals surface area contributed by atoms with Crippen molar-refractivity contribution in [3.05, 3.63) is 28.5 Å². The van der Waals surface area contributed by atoms with E-state index >= 15 is 0 Å². The van der Waals surface area contributed by atoms with Crippen LogP contribution in [0.25, 0.3) is 0 Å². The Labute approximate surface area is 116 Å². The molecule has 2 N–H and O–H groups in total. The summed E-state index contributed by atoms with van der Waals surface area (Å²) < 4.78 is 14.2. The molecule has 2 nitrogen and oxygen atoms in total. The minimum atomic E-state index is -0.403. The first-order valence-electron chi connectivity index (χ1n) is 6.52. The van der Waals surface area contributed by atoms with E-state index in [0.29, 0.717) is 22.6 Å². The van der Waals surface area contributed by atoms with E-state index in [2.05, 4.69) is 21.2 Å². The van der Waals surface area contributed by atoms with Crippen LogP contribution in [0.5, 0.6) is 0 Å². The van der Waals surface area contributed by atoms with Crippen molar-refractivity contribution in [2.24, 2.45) is 5.92 Å². The number of benzene rings is 1. The van der Waals surface area contributed by atoms with Gasteiger partial charge in [0.25, 0.3) is 0 Å². The van der Waals surface area contributed by atoms with Gasteiger partial charge in [0.1, 0.15) is 5.82 Å². The lowest BCUT2D eigenvalue weighted by Crippen LogP contribution is -2.22. The number of anilines is 1. The number of rotatable bonds is 5. The lowest BCUT2D eigenvalue weighted by atomic mass is 10.00. The fraction of sp³-hybridized carbons (Fsp3) is 0.571. The third kappa shape index (κ3) is 3.69. The van der Waals surface area contributed by atoms with Crippen LogP contribution in [-0.2, 0) is 0 Å². The van der Waals surface area contributed by atoms with Gasteiger partial charge in [0.2, 0.25) is 0 Å². The predicted molar refractivity (Wildman–Crippen MR) is 75.2 cm³/mol. The monoisotopic (exact) mass is 315 g/mol. The van der Waals surface area contributed by atoms with Crippen LogP contribution >= 0.6 is 15.9 Å². The molecule has 0 spiro atoms. The maximum Gasteiger partial charge on any atom is 0.147 e. The Morgan fingerprint density at radius 3 is 2.78 bits per heavy atom. The molecule has 0 aromatic heterocycles. The summed E-state index contributed by atoms with van der Waals surface area (Å²) in [5, 5.41) is 12.9. The molecule has 1 aromatic rings. The van der Waals surface area contributed by atoms with Crippen molar-refractivity contribution in [2.75, 3.05) is 11.9 Å². The second kappa shape index (κ2) is 6.53. The summed E-state index contributed by atoms with van der Waals surface area (Å²) in [6.07, 6.45) is 5.42. The van der Waals surface area contributed by atoms with Crippen LogP contribution < -0.4 is 5.32 Å². The first-order valence-corrected chi connectivity index (χ1v) is 7.32. The van der Waals surface area contributed by atoms with Crippen molar-refractivity contribution in [1.29, 1.82) is 0 Å². The Morgan fingerprint density at radius 2 is 2.11 bits per heavy atom. The van der Waals surface area contributed by atoms with Gasteiger partial charge in [-0.1, -0.05) is 31.7 Å². The largest absolute Gasteiger partial charge is 0.391 e. The Bertz CT molecular complexity index is 373. The van der Waals surface area contributed by atoms with Crippen LogP contribution in [0.4, 0.5) is 10.1 Å². The van der Waals surface area contributed by atoms with E-state index in [1.807, 2.05) is 0 Å². The number of aliphatic hydroxyl groups excluding tert-OH is 1. The third-order valence-electron chi connectivity index (χ3n) is 3.56. The molecular weight excluding hydrogens is 297 g/mol. The van der Waals surface area contributed by atoms with E-state index in [0.717, 1.165) is 6.42 Å². The van der Waals surface area contributed by atoms with Crippen LogP contribution in [0.1, 0.15) is 32.1 Å². The lowest BCUT2D eigenvalue weighted by molar-refractivity contribution is 0.155. The standard InChI is InChI=1S/C14H19BrFNO/c15-12-6-3-7-13(16)14(12)17-9-11(18)8-10-4-1-2-5-10/h3,6-7,10-11,17-18H,1-2,4-5,8-9H2. The van der Waals surface area contributed by atoms with E-state index in [9.17, 15) is 9.50 Å². The molecule has 0 bridgehead atoms. The van der Waals surface area contributed by atoms with Crippen LogP contribution in [0, 0.1) is 11.7 Å². The van der Waals surface area contributed by atoms with Crippen molar-refractivity contribution < 1.29 is 9.50 Å². The second-order valence-corrected chi connectivity index (χ2v) is 5.87. The van der Waals surface area contributed by atoms with Gasteiger partial charge in [-0.15, -0.1) is 0 Å². The molecule has 4 heteroatoms. The molecule has 1 atom stereocenters. The fourth-order valence-electron chi connectivity index (χ4n) is 2.60. The molecule has 0 aliphatic heterocycles. The number of para-hydroxylation sites is 1. The quantitative estimate of drug-likeness (QED) is 0.862. The van der Waals surface area contributed by atoms with Gasteiger partial charge in [-0.05, 0) is 40.4 Å². The van der Waals surface area contributed by atoms with E-state index in [4.69, 9.17) is 0 Å². The summed E-state index contributed by atoms with van der Waals surface area (Å²) in [5.74, 6) is 0.350. The molecule has 1 aromatic carbocycles. The lowest BCUT2D eigenvalue weighted by Gasteiger charge is -2.17. The third-order valence-corrected chi connectivity index (χ3v) is 4.22. The van der Waals surface area contributed by atoms with Crippen molar-refractivity contribution in [2.45, 2.75) is 38.2 Å². The van der Waals surface area contributed by atoms with Gasteiger partial charge in [-0.25, -0.2) is 4.39 Å². The maximum absolute atomic E-state index is 13.5. The fourth-order valence-corrected chi connectivity index (χ4v) is 3.08. The summed E-state index contributed by atoms with van der Waals surface area (Å²) in [7, 11) is 0. The number of aliphatic hydroxyl groups is 1. The number of nitrogens with one attached hydrogen (secondary N) is 1. The minimum absolute atomic E-state index is 0.294. The molecule has 18 heavy (non-hydrogen) atoms. The zero-order valence-corrected chi connectivity index (χ0v) is 11.9. The second-order valence-electron chi connectivity index (χ2n) is 5.02. The molecular formula is C14H19BrFNO. The topological polar surface area (TPSA) is 32.3 Å². The predicted octanol–water partition coefficient (Wildman–Crippen LogP) is 3.94. The molecule has 0 saturated heterocycles. The van der Waals surface area contributed by atoms with E-state index < -0.39 is 6.10 Å². The molecule has 2 rings (SSSR count). The van der Waals surface area contributed by atoms with Gasteiger partial charge < -0.3 is 10.4 Å². The highest BCUT2D eigenvalue weighted by molar-refractivity contribution is 9.10. The summed E-state index contributed by atoms with van der Waals surface area (Å²) in [5.41, 5.74) is 0.433. The van der Waals surface area contributed by atoms with Crippen LogP contribution in [0.2, 0.25) is 0 Å². The Morgan fingerprint density at radius 1 is 1.39 bits per heavy atom. The molecule has 1 unspecified atom stereocenters. The smallest absolute Gasteiger partial charge is 0.147 e. The number of hydrogen-bond donors (Lipinski definition) is 2. The molecule has 0 heterocycles. The molecule has 1 aliphatic carbocycles. The Hall–Kier alpha value is -0.610. The zero-order chi connectivity index (χ0) is 13.0. The molecule has 1 aliphatic rings. The molecule has 1 saturated carbocycles. The van der Waals surface area contributed by atoms with Crippen LogP contribution in [-0.4, -0.2) is 17.8 Å². The van der Waals surface area contributed by atoms with Crippen LogP contribution in [0.3, 0.4) is 0 Å². The van der Waals surface area contributed by atoms with Gasteiger partial charge in [0.05, 0.1) is 11.8 Å². The van der Waals surface area contributed by atoms with Gasteiger partial charge in [0.15, 0.2) is 0 Å². The minimum Gasteiger partial charge on any atom is -0.391 e. The highest BCUT2D eigenvalue weighted by atomic mass is 79.9. The van der Waals surface area contributed by atoms with Crippen molar-refractivity contribution >= 4 is 21.6 Å². The molecule has 1 fully saturated rings. The highest BCUT2D eigenvalue weighted by Gasteiger charge is 2.19. The van der Waals surface area contributed by atoms with Crippen LogP contribution in [0.15, 0.2) is 22.7 Å². The van der Waals surface area contributed by atoms with E-state index in [1.165, 1.54) is 31.7 Å². The average Bonchev–Trinajstić information content (AvgIpc) is 2.81. The Balaban J connectivity index is 1.83. The number of hydrogen-bond acceptors (Lipinski definition) is 2. The SMILES string of the molecule is OC(CNc1c(F)cccc1Br)CC1CCCC1. The Kier molecular flexibility index (Phi) is 5.01. The van der Waals surface area contributed by atoms with E-state index in [1.54, 1.807) is 12.1 Å². The summed E-state index contributed by atoms with van der Waals surface area (Å²) >= 11 is 3.30. The van der Waals surface area contributed by atoms with Crippen molar-refractivity contribution in [3.8, 4) is 0 Å². The number of halogens is 2. The summed E-state index contributed by atoms with van der Waals surface area (Å²) in [4.78, 5) is 0. The maximum atomic E-state index is 13.5. The van der Waals surface area contributed by atoms with Crippen molar-refractivity contribution in [3.63, 3.8) is 0 Å². The molecule has 100 valence electrons. The molecule has 0 amide bonds. The van der Waals surface area contributed by atoms with Gasteiger partial charge in [0, 0.05) is 11.0 Å². The normalized spacial score (nSPS) is 17.9. The van der Waals surface area contributed by atoms with Gasteiger partial charge in [-0.2, -0.15) is 0 Å². The molecule has 0 radical (unpaired) electrons. The summed E-state index contributed by atoms with van der Waals surface area (Å²) in [6.45, 7) is 0.399. The highest BCUT2D eigenvalue weighted by Crippen LogP contribution is 2.29. The summed E-state index contributed by atoms with van der Waals surface area (Å²) in [6, 6.07) is 4.85. The zero-order valence-electron chi connectivity index (χ0n) is 10.3. The van der Waals surface area contributed by atoms with Gasteiger partial charge in [-0.3, -0.25) is 0 Å². The van der Waals surface area contributed by atoms with Crippen molar-refractivity contribution in [1.82, 2.24) is 0 Å².